The van der Waals surface area contributed by atoms with Gasteiger partial charge in [0.15, 0.2) is 0 Å². The molecule has 5 nitrogen and oxygen atoms in total. The van der Waals surface area contributed by atoms with E-state index in [4.69, 9.17) is 0 Å². The maximum atomic E-state index is 4.35. The number of rotatable bonds is 4. The van der Waals surface area contributed by atoms with Gasteiger partial charge in [-0.05, 0) is 18.9 Å². The summed E-state index contributed by atoms with van der Waals surface area (Å²) in [4.78, 5) is 8.50. The van der Waals surface area contributed by atoms with Gasteiger partial charge in [-0.3, -0.25) is 0 Å². The SMILES string of the molecule is CCC(Nc1cc(C)nc2ncnn12)c1ccccc1. The van der Waals surface area contributed by atoms with E-state index >= 15 is 0 Å². The van der Waals surface area contributed by atoms with Crippen LogP contribution < -0.4 is 5.32 Å². The van der Waals surface area contributed by atoms with Gasteiger partial charge in [0.25, 0.3) is 5.78 Å². The monoisotopic (exact) mass is 267 g/mol. The van der Waals surface area contributed by atoms with Crippen molar-refractivity contribution in [3.05, 3.63) is 54.0 Å². The first-order chi connectivity index (χ1) is 9.78. The number of nitrogens with zero attached hydrogens (tertiary/aromatic N) is 4. The molecule has 102 valence electrons. The average Bonchev–Trinajstić information content (AvgIpc) is 2.93. The van der Waals surface area contributed by atoms with Crippen LogP contribution in [0.15, 0.2) is 42.7 Å². The van der Waals surface area contributed by atoms with E-state index in [1.54, 1.807) is 4.52 Å². The van der Waals surface area contributed by atoms with E-state index in [9.17, 15) is 0 Å². The van der Waals surface area contributed by atoms with E-state index in [1.165, 1.54) is 11.9 Å². The molecule has 1 unspecified atom stereocenters. The van der Waals surface area contributed by atoms with Crippen LogP contribution in [-0.2, 0) is 0 Å². The minimum atomic E-state index is 0.241. The predicted molar refractivity (Wildman–Crippen MR) is 78.6 cm³/mol. The molecule has 5 heteroatoms. The maximum absolute atomic E-state index is 4.35. The first-order valence-electron chi connectivity index (χ1n) is 6.77. The number of hydrogen-bond donors (Lipinski definition) is 1. The fourth-order valence-electron chi connectivity index (χ4n) is 2.32. The first-order valence-corrected chi connectivity index (χ1v) is 6.77. The Hall–Kier alpha value is -2.43. The normalized spacial score (nSPS) is 12.5. The van der Waals surface area contributed by atoms with Gasteiger partial charge in [-0.2, -0.15) is 14.6 Å². The Bertz CT molecular complexity index is 705. The molecule has 0 radical (unpaired) electrons. The molecular formula is C15H17N5. The van der Waals surface area contributed by atoms with Crippen molar-refractivity contribution in [2.75, 3.05) is 5.32 Å². The largest absolute Gasteiger partial charge is 0.363 e. The summed E-state index contributed by atoms with van der Waals surface area (Å²) < 4.78 is 1.73. The summed E-state index contributed by atoms with van der Waals surface area (Å²) in [6, 6.07) is 12.6. The summed E-state index contributed by atoms with van der Waals surface area (Å²) in [5.74, 6) is 1.54. The van der Waals surface area contributed by atoms with Gasteiger partial charge < -0.3 is 5.32 Å². The Morgan fingerprint density at radius 1 is 1.25 bits per heavy atom. The zero-order valence-corrected chi connectivity index (χ0v) is 11.6. The molecule has 0 spiro atoms. The van der Waals surface area contributed by atoms with Crippen LogP contribution in [0.3, 0.4) is 0 Å². The topological polar surface area (TPSA) is 55.1 Å². The summed E-state index contributed by atoms with van der Waals surface area (Å²) in [7, 11) is 0. The Balaban J connectivity index is 1.97. The fraction of sp³-hybridized carbons (Fsp3) is 0.267. The van der Waals surface area contributed by atoms with Crippen LogP contribution >= 0.6 is 0 Å². The highest BCUT2D eigenvalue weighted by Gasteiger charge is 2.12. The van der Waals surface area contributed by atoms with E-state index < -0.39 is 0 Å². The molecule has 2 heterocycles. The standard InChI is InChI=1S/C15H17N5/c1-3-13(12-7-5-4-6-8-12)19-14-9-11(2)18-15-16-10-17-20(14)15/h4-10,13,19H,3H2,1-2H3. The van der Waals surface area contributed by atoms with Crippen molar-refractivity contribution < 1.29 is 0 Å². The maximum Gasteiger partial charge on any atom is 0.254 e. The second-order valence-corrected chi connectivity index (χ2v) is 4.77. The van der Waals surface area contributed by atoms with Gasteiger partial charge in [-0.1, -0.05) is 37.3 Å². The van der Waals surface area contributed by atoms with E-state index in [0.717, 1.165) is 17.9 Å². The zero-order valence-electron chi connectivity index (χ0n) is 11.6. The van der Waals surface area contributed by atoms with Crippen molar-refractivity contribution in [3.63, 3.8) is 0 Å². The summed E-state index contributed by atoms with van der Waals surface area (Å²) in [6.07, 6.45) is 2.51. The molecule has 3 aromatic rings. The summed E-state index contributed by atoms with van der Waals surface area (Å²) in [6.45, 7) is 4.13. The third-order valence-electron chi connectivity index (χ3n) is 3.31. The lowest BCUT2D eigenvalue weighted by molar-refractivity contribution is 0.734. The number of hydrogen-bond acceptors (Lipinski definition) is 4. The molecular weight excluding hydrogens is 250 g/mol. The van der Waals surface area contributed by atoms with Crippen molar-refractivity contribution in [1.29, 1.82) is 0 Å². The van der Waals surface area contributed by atoms with Crippen LogP contribution in [0.1, 0.15) is 30.6 Å². The lowest BCUT2D eigenvalue weighted by Gasteiger charge is -2.19. The minimum Gasteiger partial charge on any atom is -0.363 e. The van der Waals surface area contributed by atoms with E-state index in [0.29, 0.717) is 5.78 Å². The van der Waals surface area contributed by atoms with Crippen molar-refractivity contribution in [1.82, 2.24) is 19.6 Å². The van der Waals surface area contributed by atoms with Crippen LogP contribution in [0, 0.1) is 6.92 Å². The van der Waals surface area contributed by atoms with Crippen molar-refractivity contribution >= 4 is 11.6 Å². The number of benzene rings is 1. The van der Waals surface area contributed by atoms with Gasteiger partial charge in [0.05, 0.1) is 6.04 Å². The fourth-order valence-corrected chi connectivity index (χ4v) is 2.32. The molecule has 0 aliphatic carbocycles. The molecule has 1 atom stereocenters. The summed E-state index contributed by atoms with van der Waals surface area (Å²) in [5.41, 5.74) is 2.19. The first kappa shape index (κ1) is 12.6. The van der Waals surface area contributed by atoms with Crippen molar-refractivity contribution in [2.24, 2.45) is 0 Å². The van der Waals surface area contributed by atoms with Crippen molar-refractivity contribution in [3.8, 4) is 0 Å². The molecule has 0 fully saturated rings. The highest BCUT2D eigenvalue weighted by molar-refractivity contribution is 5.46. The third kappa shape index (κ3) is 2.34. The third-order valence-corrected chi connectivity index (χ3v) is 3.31. The predicted octanol–water partition coefficient (Wildman–Crippen LogP) is 3.00. The smallest absolute Gasteiger partial charge is 0.254 e. The molecule has 20 heavy (non-hydrogen) atoms. The lowest BCUT2D eigenvalue weighted by Crippen LogP contribution is -2.13. The zero-order chi connectivity index (χ0) is 13.9. The minimum absolute atomic E-state index is 0.241. The highest BCUT2D eigenvalue weighted by Crippen LogP contribution is 2.22. The van der Waals surface area contributed by atoms with Crippen molar-refractivity contribution in [2.45, 2.75) is 26.3 Å². The molecule has 1 N–H and O–H groups in total. The molecule has 0 amide bonds. The number of aromatic nitrogens is 4. The van der Waals surface area contributed by atoms with Crippen LogP contribution in [0.25, 0.3) is 5.78 Å². The Labute approximate surface area is 117 Å². The molecule has 0 saturated carbocycles. The van der Waals surface area contributed by atoms with E-state index in [2.05, 4.69) is 51.6 Å². The van der Waals surface area contributed by atoms with E-state index in [-0.39, 0.29) is 6.04 Å². The summed E-state index contributed by atoms with van der Waals surface area (Å²) >= 11 is 0. The van der Waals surface area contributed by atoms with Crippen LogP contribution in [0.2, 0.25) is 0 Å². The molecule has 0 bridgehead atoms. The van der Waals surface area contributed by atoms with Crippen LogP contribution in [0.4, 0.5) is 5.82 Å². The Morgan fingerprint density at radius 2 is 2.05 bits per heavy atom. The molecule has 2 aromatic heterocycles. The van der Waals surface area contributed by atoms with Gasteiger partial charge >= 0.3 is 0 Å². The van der Waals surface area contributed by atoms with Gasteiger partial charge in [-0.15, -0.1) is 0 Å². The second kappa shape index (κ2) is 5.28. The molecule has 0 aliphatic heterocycles. The summed E-state index contributed by atoms with van der Waals surface area (Å²) in [5, 5.41) is 7.76. The number of anilines is 1. The lowest BCUT2D eigenvalue weighted by atomic mass is 10.0. The van der Waals surface area contributed by atoms with Crippen LogP contribution in [-0.4, -0.2) is 19.6 Å². The number of fused-ring (bicyclic) bond motifs is 1. The van der Waals surface area contributed by atoms with Gasteiger partial charge in [0.1, 0.15) is 12.1 Å². The van der Waals surface area contributed by atoms with E-state index in [1.807, 2.05) is 19.1 Å². The molecule has 1 aromatic carbocycles. The van der Waals surface area contributed by atoms with Gasteiger partial charge in [-0.25, -0.2) is 4.98 Å². The second-order valence-electron chi connectivity index (χ2n) is 4.77. The highest BCUT2D eigenvalue weighted by atomic mass is 15.4. The number of nitrogens with one attached hydrogen (secondary N) is 1. The molecule has 3 rings (SSSR count). The Kier molecular flexibility index (Phi) is 3.33. The van der Waals surface area contributed by atoms with Gasteiger partial charge in [0.2, 0.25) is 0 Å². The Morgan fingerprint density at radius 3 is 2.80 bits per heavy atom. The number of aryl methyl sites for hydroxylation is 1. The average molecular weight is 267 g/mol. The molecule has 0 saturated heterocycles. The quantitative estimate of drug-likeness (QED) is 0.789. The van der Waals surface area contributed by atoms with Gasteiger partial charge in [0, 0.05) is 11.8 Å². The molecule has 0 aliphatic rings. The van der Waals surface area contributed by atoms with Crippen LogP contribution in [0.5, 0.6) is 0 Å².